The largest absolute Gasteiger partial charge is 0.495 e. The first-order valence-electron chi connectivity index (χ1n) is 11.2. The Morgan fingerprint density at radius 3 is 2.92 bits per heavy atom. The van der Waals surface area contributed by atoms with Crippen molar-refractivity contribution in [3.63, 3.8) is 0 Å². The molecule has 0 aliphatic carbocycles. The molecule has 6 rings (SSSR count). The fourth-order valence-electron chi connectivity index (χ4n) is 4.23. The van der Waals surface area contributed by atoms with E-state index in [2.05, 4.69) is 15.0 Å². The van der Waals surface area contributed by atoms with Gasteiger partial charge in [-0.05, 0) is 30.3 Å². The van der Waals surface area contributed by atoms with Crippen LogP contribution in [0.15, 0.2) is 55.0 Å². The summed E-state index contributed by atoms with van der Waals surface area (Å²) in [5, 5.41) is 1.94. The molecule has 0 N–H and O–H groups in total. The van der Waals surface area contributed by atoms with Gasteiger partial charge in [0, 0.05) is 40.8 Å². The maximum absolute atomic E-state index is 15.0. The third kappa shape index (κ3) is 4.17. The molecule has 1 amide bonds. The van der Waals surface area contributed by atoms with Crippen LogP contribution in [0, 0.1) is 5.82 Å². The predicted octanol–water partition coefficient (Wildman–Crippen LogP) is 6.24. The molecule has 4 heterocycles. The molecule has 5 aromatic rings. The minimum absolute atomic E-state index is 0.0587. The molecule has 186 valence electrons. The molecule has 3 aromatic heterocycles. The molecule has 37 heavy (non-hydrogen) atoms. The van der Waals surface area contributed by atoms with Gasteiger partial charge in [-0.25, -0.2) is 14.2 Å². The number of amides is 1. The van der Waals surface area contributed by atoms with Gasteiger partial charge in [0.25, 0.3) is 6.29 Å². The Balaban J connectivity index is 1.34. The number of pyridine rings is 2. The summed E-state index contributed by atoms with van der Waals surface area (Å²) in [6, 6.07) is 10.2. The second-order valence-electron chi connectivity index (χ2n) is 8.34. The van der Waals surface area contributed by atoms with Crippen LogP contribution >= 0.6 is 22.9 Å². The van der Waals surface area contributed by atoms with Gasteiger partial charge in [0.15, 0.2) is 11.6 Å². The van der Waals surface area contributed by atoms with E-state index in [1.807, 2.05) is 6.07 Å². The first-order chi connectivity index (χ1) is 17.9. The van der Waals surface area contributed by atoms with Gasteiger partial charge in [-0.1, -0.05) is 11.6 Å². The highest BCUT2D eigenvalue weighted by Crippen LogP contribution is 2.44. The zero-order chi connectivity index (χ0) is 25.7. The summed E-state index contributed by atoms with van der Waals surface area (Å²) in [6.07, 6.45) is 3.34. The Kier molecular flexibility index (Phi) is 5.77. The number of carbonyl (C=O) groups excluding carboxylic acids is 1. The molecular formula is C26H18ClFN4O4S. The van der Waals surface area contributed by atoms with E-state index in [1.54, 1.807) is 50.8 Å². The number of thiazole rings is 1. The number of hydrogen-bond acceptors (Lipinski definition) is 8. The number of halogens is 2. The second-order valence-corrected chi connectivity index (χ2v) is 9.77. The lowest BCUT2D eigenvalue weighted by Crippen LogP contribution is -2.32. The van der Waals surface area contributed by atoms with Crippen LogP contribution in [-0.2, 0) is 11.2 Å². The molecule has 0 bridgehead atoms. The molecule has 0 saturated heterocycles. The van der Waals surface area contributed by atoms with E-state index in [9.17, 15) is 4.79 Å². The van der Waals surface area contributed by atoms with Crippen molar-refractivity contribution in [1.29, 1.82) is 0 Å². The third-order valence-electron chi connectivity index (χ3n) is 6.03. The van der Waals surface area contributed by atoms with E-state index in [-0.39, 0.29) is 12.2 Å². The van der Waals surface area contributed by atoms with Crippen molar-refractivity contribution in [2.24, 2.45) is 0 Å². The number of fused-ring (bicyclic) bond motifs is 4. The van der Waals surface area contributed by atoms with Gasteiger partial charge in [0.05, 0.1) is 47.3 Å². The first kappa shape index (κ1) is 23.4. The summed E-state index contributed by atoms with van der Waals surface area (Å²) < 4.78 is 32.2. The number of ether oxygens (including phenoxy) is 3. The number of benzene rings is 2. The molecule has 1 aliphatic rings. The fourth-order valence-corrected chi connectivity index (χ4v) is 5.57. The lowest BCUT2D eigenvalue weighted by atomic mass is 10.1. The van der Waals surface area contributed by atoms with Crippen LogP contribution in [0.2, 0.25) is 5.02 Å². The topological polar surface area (TPSA) is 86.7 Å². The number of hydrogen-bond donors (Lipinski definition) is 0. The summed E-state index contributed by atoms with van der Waals surface area (Å²) in [6.45, 7) is 0. The molecule has 0 fully saturated rings. The van der Waals surface area contributed by atoms with Crippen molar-refractivity contribution >= 4 is 55.8 Å². The van der Waals surface area contributed by atoms with E-state index in [0.717, 1.165) is 15.6 Å². The Bertz CT molecular complexity index is 1680. The summed E-state index contributed by atoms with van der Waals surface area (Å²) in [5.74, 6) is 0.0949. The Hall–Kier alpha value is -4.02. The Morgan fingerprint density at radius 1 is 1.27 bits per heavy atom. The normalized spacial score (nSPS) is 14.4. The number of nitrogens with zero attached hydrogens (tertiary/aromatic N) is 4. The first-order valence-corrected chi connectivity index (χ1v) is 12.4. The molecule has 8 nitrogen and oxygen atoms in total. The van der Waals surface area contributed by atoms with Crippen molar-refractivity contribution in [3.05, 3.63) is 71.4 Å². The standard InChI is InChI=1S/C26H18ClFN4O4S/c1-32(15-4-3-5-29-11-15)26(33)36-21-9-18-23(35-21)19(28)10-20-24(18)37-25(31-20)17-8-14(27)6-13-7-16(34-2)12-30-22(13)17/h3-8,10-12,21H,9H2,1-2H3. The molecule has 0 radical (unpaired) electrons. The maximum Gasteiger partial charge on any atom is 0.417 e. The van der Waals surface area contributed by atoms with Crippen LogP contribution in [0.3, 0.4) is 0 Å². The van der Waals surface area contributed by atoms with Crippen LogP contribution in [0.4, 0.5) is 14.9 Å². The minimum atomic E-state index is -0.978. The highest BCUT2D eigenvalue weighted by Gasteiger charge is 2.33. The molecular weight excluding hydrogens is 519 g/mol. The Labute approximate surface area is 219 Å². The SMILES string of the molecule is COc1cnc2c(-c3nc4cc(F)c5c(c4s3)CC(OC(=O)N(C)c3cccnc3)O5)cc(Cl)cc2c1. The van der Waals surface area contributed by atoms with Crippen molar-refractivity contribution in [1.82, 2.24) is 15.0 Å². The lowest BCUT2D eigenvalue weighted by Gasteiger charge is -2.19. The Morgan fingerprint density at radius 2 is 2.14 bits per heavy atom. The summed E-state index contributed by atoms with van der Waals surface area (Å²) in [5.41, 5.74) is 3.05. The molecule has 1 unspecified atom stereocenters. The summed E-state index contributed by atoms with van der Waals surface area (Å²) in [4.78, 5) is 27.2. The zero-order valence-corrected chi connectivity index (χ0v) is 21.1. The zero-order valence-electron chi connectivity index (χ0n) is 19.6. The lowest BCUT2D eigenvalue weighted by molar-refractivity contribution is -0.0144. The van der Waals surface area contributed by atoms with Crippen molar-refractivity contribution in [3.8, 4) is 22.1 Å². The van der Waals surface area contributed by atoms with Crippen molar-refractivity contribution in [2.45, 2.75) is 12.7 Å². The van der Waals surface area contributed by atoms with E-state index >= 15 is 4.39 Å². The summed E-state index contributed by atoms with van der Waals surface area (Å²) in [7, 11) is 3.13. The number of rotatable bonds is 4. The fraction of sp³-hybridized carbons (Fsp3) is 0.154. The average molecular weight is 537 g/mol. The van der Waals surface area contributed by atoms with Crippen molar-refractivity contribution < 1.29 is 23.4 Å². The van der Waals surface area contributed by atoms with Crippen LogP contribution in [0.5, 0.6) is 11.5 Å². The highest BCUT2D eigenvalue weighted by atomic mass is 35.5. The van der Waals surface area contributed by atoms with E-state index < -0.39 is 18.2 Å². The van der Waals surface area contributed by atoms with E-state index in [4.69, 9.17) is 25.8 Å². The number of anilines is 1. The van der Waals surface area contributed by atoms with Crippen LogP contribution in [0.25, 0.3) is 31.7 Å². The number of carbonyl (C=O) groups is 1. The maximum atomic E-state index is 15.0. The molecule has 1 aliphatic heterocycles. The van der Waals surface area contributed by atoms with Gasteiger partial charge in [0.2, 0.25) is 0 Å². The van der Waals surface area contributed by atoms with Crippen LogP contribution in [0.1, 0.15) is 5.56 Å². The number of aromatic nitrogens is 3. The van der Waals surface area contributed by atoms with Crippen LogP contribution < -0.4 is 14.4 Å². The van der Waals surface area contributed by atoms with Gasteiger partial charge in [0.1, 0.15) is 10.8 Å². The molecule has 11 heteroatoms. The van der Waals surface area contributed by atoms with Crippen molar-refractivity contribution in [2.75, 3.05) is 19.1 Å². The average Bonchev–Trinajstić information content (AvgIpc) is 3.52. The minimum Gasteiger partial charge on any atom is -0.495 e. The van der Waals surface area contributed by atoms with E-state index in [1.165, 1.54) is 28.5 Å². The second kappa shape index (κ2) is 9.13. The smallest absolute Gasteiger partial charge is 0.417 e. The van der Waals surface area contributed by atoms with Gasteiger partial charge in [-0.3, -0.25) is 14.9 Å². The third-order valence-corrected chi connectivity index (χ3v) is 7.41. The van der Waals surface area contributed by atoms with E-state index in [0.29, 0.717) is 38.1 Å². The van der Waals surface area contributed by atoms with Crippen LogP contribution in [-0.4, -0.2) is 41.5 Å². The molecule has 2 aromatic carbocycles. The van der Waals surface area contributed by atoms with Gasteiger partial charge in [-0.2, -0.15) is 0 Å². The van der Waals surface area contributed by atoms with Gasteiger partial charge < -0.3 is 14.2 Å². The van der Waals surface area contributed by atoms with Gasteiger partial charge in [-0.15, -0.1) is 11.3 Å². The predicted molar refractivity (Wildman–Crippen MR) is 139 cm³/mol. The molecule has 0 spiro atoms. The summed E-state index contributed by atoms with van der Waals surface area (Å²) >= 11 is 7.77. The van der Waals surface area contributed by atoms with Gasteiger partial charge >= 0.3 is 6.09 Å². The number of methoxy groups -OCH3 is 1. The highest BCUT2D eigenvalue weighted by molar-refractivity contribution is 7.22. The monoisotopic (exact) mass is 536 g/mol. The molecule has 0 saturated carbocycles. The molecule has 1 atom stereocenters. The quantitative estimate of drug-likeness (QED) is 0.268.